The number of hydrogen-bond donors (Lipinski definition) is 1. The van der Waals surface area contributed by atoms with E-state index in [-0.39, 0.29) is 11.4 Å². The van der Waals surface area contributed by atoms with Gasteiger partial charge in [-0.1, -0.05) is 18.2 Å². The molecule has 0 spiro atoms. The number of carbonyl (C=O) groups is 1. The lowest BCUT2D eigenvalue weighted by Gasteiger charge is -2.23. The maximum Gasteiger partial charge on any atom is 0.323 e. The minimum atomic E-state index is -0.0781. The summed E-state index contributed by atoms with van der Waals surface area (Å²) in [6.07, 6.45) is 1.64. The van der Waals surface area contributed by atoms with Crippen LogP contribution in [0.15, 0.2) is 47.1 Å². The van der Waals surface area contributed by atoms with E-state index in [0.29, 0.717) is 0 Å². The van der Waals surface area contributed by atoms with Gasteiger partial charge in [0.1, 0.15) is 11.1 Å². The third kappa shape index (κ3) is 2.54. The zero-order chi connectivity index (χ0) is 13.9. The van der Waals surface area contributed by atoms with Crippen molar-refractivity contribution in [1.82, 2.24) is 4.90 Å². The standard InChI is InChI=1S/C15H16N2O2S/c1-11-5-2-3-6-12(11)16-15(18)17-8-10-20-14(17)13-7-4-9-19-13/h2-7,9,14H,8,10H2,1H3,(H,16,18). The van der Waals surface area contributed by atoms with E-state index in [0.717, 1.165) is 29.3 Å². The Morgan fingerprint density at radius 1 is 1.35 bits per heavy atom. The highest BCUT2D eigenvalue weighted by molar-refractivity contribution is 7.99. The van der Waals surface area contributed by atoms with Crippen LogP contribution in [-0.4, -0.2) is 23.2 Å². The van der Waals surface area contributed by atoms with Crippen molar-refractivity contribution in [3.63, 3.8) is 0 Å². The molecule has 4 nitrogen and oxygen atoms in total. The molecule has 1 fully saturated rings. The Hall–Kier alpha value is -1.88. The molecule has 0 aliphatic carbocycles. The van der Waals surface area contributed by atoms with Gasteiger partial charge >= 0.3 is 6.03 Å². The van der Waals surface area contributed by atoms with Crippen LogP contribution in [0.4, 0.5) is 10.5 Å². The molecule has 0 saturated carbocycles. The first-order valence-electron chi connectivity index (χ1n) is 6.54. The molecule has 3 rings (SSSR count). The number of amides is 2. The highest BCUT2D eigenvalue weighted by atomic mass is 32.2. The largest absolute Gasteiger partial charge is 0.466 e. The van der Waals surface area contributed by atoms with E-state index in [2.05, 4.69) is 5.32 Å². The first-order valence-corrected chi connectivity index (χ1v) is 7.59. The van der Waals surface area contributed by atoms with Gasteiger partial charge in [-0.2, -0.15) is 0 Å². The van der Waals surface area contributed by atoms with Crippen LogP contribution in [0.25, 0.3) is 0 Å². The summed E-state index contributed by atoms with van der Waals surface area (Å²) >= 11 is 1.72. The van der Waals surface area contributed by atoms with Crippen LogP contribution in [-0.2, 0) is 0 Å². The number of para-hydroxylation sites is 1. The van der Waals surface area contributed by atoms with Gasteiger partial charge in [0.15, 0.2) is 0 Å². The van der Waals surface area contributed by atoms with Crippen LogP contribution < -0.4 is 5.32 Å². The quantitative estimate of drug-likeness (QED) is 0.912. The average Bonchev–Trinajstić information content (AvgIpc) is 3.11. The van der Waals surface area contributed by atoms with E-state index < -0.39 is 0 Å². The third-order valence-corrected chi connectivity index (χ3v) is 4.55. The minimum absolute atomic E-state index is 0.0333. The van der Waals surface area contributed by atoms with Crippen molar-refractivity contribution < 1.29 is 9.21 Å². The maximum atomic E-state index is 12.4. The summed E-state index contributed by atoms with van der Waals surface area (Å²) in [5, 5.41) is 2.94. The van der Waals surface area contributed by atoms with Crippen molar-refractivity contribution in [2.75, 3.05) is 17.6 Å². The molecular weight excluding hydrogens is 272 g/mol. The lowest BCUT2D eigenvalue weighted by Crippen LogP contribution is -2.34. The Morgan fingerprint density at radius 2 is 2.20 bits per heavy atom. The molecule has 0 bridgehead atoms. The predicted octanol–water partition coefficient (Wildman–Crippen LogP) is 3.87. The summed E-state index contributed by atoms with van der Waals surface area (Å²) in [4.78, 5) is 14.2. The van der Waals surface area contributed by atoms with E-state index in [4.69, 9.17) is 4.42 Å². The fourth-order valence-corrected chi connectivity index (χ4v) is 3.45. The zero-order valence-electron chi connectivity index (χ0n) is 11.2. The molecule has 1 aliphatic heterocycles. The molecule has 1 saturated heterocycles. The number of thioether (sulfide) groups is 1. The van der Waals surface area contributed by atoms with Crippen molar-refractivity contribution >= 4 is 23.5 Å². The number of nitrogens with zero attached hydrogens (tertiary/aromatic N) is 1. The van der Waals surface area contributed by atoms with Crippen LogP contribution in [0.1, 0.15) is 16.7 Å². The fourth-order valence-electron chi connectivity index (χ4n) is 2.25. The van der Waals surface area contributed by atoms with Gasteiger partial charge in [0.05, 0.1) is 6.26 Å². The Morgan fingerprint density at radius 3 is 2.95 bits per heavy atom. The Labute approximate surface area is 122 Å². The second kappa shape index (κ2) is 5.63. The molecule has 1 unspecified atom stereocenters. The van der Waals surface area contributed by atoms with Crippen molar-refractivity contribution in [2.24, 2.45) is 0 Å². The van der Waals surface area contributed by atoms with Gasteiger partial charge in [-0.25, -0.2) is 4.79 Å². The Balaban J connectivity index is 1.75. The molecule has 1 N–H and O–H groups in total. The summed E-state index contributed by atoms with van der Waals surface area (Å²) in [6, 6.07) is 11.5. The van der Waals surface area contributed by atoms with Crippen LogP contribution in [0.3, 0.4) is 0 Å². The number of benzene rings is 1. The van der Waals surface area contributed by atoms with E-state index in [1.54, 1.807) is 18.0 Å². The summed E-state index contributed by atoms with van der Waals surface area (Å²) in [5.41, 5.74) is 1.91. The first-order chi connectivity index (χ1) is 9.75. The van der Waals surface area contributed by atoms with Gasteiger partial charge in [-0.05, 0) is 30.7 Å². The van der Waals surface area contributed by atoms with Crippen molar-refractivity contribution in [2.45, 2.75) is 12.3 Å². The van der Waals surface area contributed by atoms with Crippen LogP contribution in [0.2, 0.25) is 0 Å². The van der Waals surface area contributed by atoms with Gasteiger partial charge in [0, 0.05) is 18.0 Å². The predicted molar refractivity (Wildman–Crippen MR) is 80.8 cm³/mol. The normalized spacial score (nSPS) is 18.2. The summed E-state index contributed by atoms with van der Waals surface area (Å²) in [7, 11) is 0. The Bertz CT molecular complexity index is 598. The second-order valence-corrected chi connectivity index (χ2v) is 5.87. The van der Waals surface area contributed by atoms with E-state index in [1.165, 1.54) is 0 Å². The number of nitrogens with one attached hydrogen (secondary N) is 1. The van der Waals surface area contributed by atoms with E-state index in [9.17, 15) is 4.79 Å². The lowest BCUT2D eigenvalue weighted by atomic mass is 10.2. The van der Waals surface area contributed by atoms with Gasteiger partial charge in [0.25, 0.3) is 0 Å². The molecule has 104 valence electrons. The monoisotopic (exact) mass is 288 g/mol. The topological polar surface area (TPSA) is 45.5 Å². The van der Waals surface area contributed by atoms with Crippen molar-refractivity contribution in [1.29, 1.82) is 0 Å². The number of hydrogen-bond acceptors (Lipinski definition) is 3. The molecule has 5 heteroatoms. The van der Waals surface area contributed by atoms with Crippen molar-refractivity contribution in [3.05, 3.63) is 54.0 Å². The van der Waals surface area contributed by atoms with E-state index >= 15 is 0 Å². The van der Waals surface area contributed by atoms with Gasteiger partial charge in [0.2, 0.25) is 0 Å². The molecule has 2 amide bonds. The number of urea groups is 1. The zero-order valence-corrected chi connectivity index (χ0v) is 12.0. The Kier molecular flexibility index (Phi) is 3.69. The third-order valence-electron chi connectivity index (χ3n) is 3.33. The molecule has 1 aromatic heterocycles. The molecule has 20 heavy (non-hydrogen) atoms. The summed E-state index contributed by atoms with van der Waals surface area (Å²) in [5.74, 6) is 1.75. The van der Waals surface area contributed by atoms with Crippen molar-refractivity contribution in [3.8, 4) is 0 Å². The summed E-state index contributed by atoms with van der Waals surface area (Å²) < 4.78 is 5.43. The molecule has 0 radical (unpaired) electrons. The fraction of sp³-hybridized carbons (Fsp3) is 0.267. The second-order valence-electron chi connectivity index (χ2n) is 4.68. The van der Waals surface area contributed by atoms with Gasteiger partial charge in [-0.15, -0.1) is 11.8 Å². The van der Waals surface area contributed by atoms with Crippen LogP contribution in [0, 0.1) is 6.92 Å². The smallest absolute Gasteiger partial charge is 0.323 e. The lowest BCUT2D eigenvalue weighted by molar-refractivity contribution is 0.209. The van der Waals surface area contributed by atoms with E-state index in [1.807, 2.05) is 48.2 Å². The number of aryl methyl sites for hydroxylation is 1. The molecule has 1 aliphatic rings. The molecular formula is C15H16N2O2S. The van der Waals surface area contributed by atoms with Gasteiger partial charge in [-0.3, -0.25) is 0 Å². The average molecular weight is 288 g/mol. The first kappa shape index (κ1) is 13.1. The minimum Gasteiger partial charge on any atom is -0.466 e. The summed E-state index contributed by atoms with van der Waals surface area (Å²) in [6.45, 7) is 2.71. The SMILES string of the molecule is Cc1ccccc1NC(=O)N1CCSC1c1ccco1. The van der Waals surface area contributed by atoms with Gasteiger partial charge < -0.3 is 14.6 Å². The number of carbonyl (C=O) groups excluding carboxylic acids is 1. The molecule has 1 aromatic carbocycles. The molecule has 1 atom stereocenters. The maximum absolute atomic E-state index is 12.4. The molecule has 2 aromatic rings. The van der Waals surface area contributed by atoms with Crippen LogP contribution >= 0.6 is 11.8 Å². The number of furan rings is 1. The highest BCUT2D eigenvalue weighted by Gasteiger charge is 2.32. The number of rotatable bonds is 2. The number of anilines is 1. The molecule has 2 heterocycles. The highest BCUT2D eigenvalue weighted by Crippen LogP contribution is 2.38. The van der Waals surface area contributed by atoms with Crippen LogP contribution in [0.5, 0.6) is 0 Å².